The molecule has 6 heteroatoms. The molecular formula is C21H26FN3O2. The van der Waals surface area contributed by atoms with Crippen LogP contribution in [0.2, 0.25) is 0 Å². The van der Waals surface area contributed by atoms with Gasteiger partial charge in [0.2, 0.25) is 0 Å². The Bertz CT molecular complexity index is 746. The summed E-state index contributed by atoms with van der Waals surface area (Å²) in [6.07, 6.45) is 1.81. The molecule has 0 aliphatic carbocycles. The first-order valence-corrected chi connectivity index (χ1v) is 9.40. The lowest BCUT2D eigenvalue weighted by Gasteiger charge is -2.32. The Morgan fingerprint density at radius 2 is 1.93 bits per heavy atom. The molecule has 1 saturated heterocycles. The molecule has 0 radical (unpaired) electrons. The van der Waals surface area contributed by atoms with Crippen LogP contribution < -0.4 is 15.4 Å². The van der Waals surface area contributed by atoms with Crippen molar-refractivity contribution in [3.05, 3.63) is 59.9 Å². The first kappa shape index (κ1) is 19.2. The van der Waals surface area contributed by atoms with Crippen LogP contribution in [-0.4, -0.2) is 36.7 Å². The van der Waals surface area contributed by atoms with E-state index in [-0.39, 0.29) is 12.1 Å². The molecule has 0 bridgehead atoms. The molecule has 1 aliphatic rings. The van der Waals surface area contributed by atoms with E-state index in [4.69, 9.17) is 4.74 Å². The normalized spacial score (nSPS) is 15.3. The van der Waals surface area contributed by atoms with Gasteiger partial charge in [-0.25, -0.2) is 9.18 Å². The summed E-state index contributed by atoms with van der Waals surface area (Å²) in [4.78, 5) is 14.7. The van der Waals surface area contributed by atoms with Gasteiger partial charge in [-0.15, -0.1) is 0 Å². The molecule has 0 unspecified atom stereocenters. The Hall–Kier alpha value is -2.60. The SMILES string of the molecule is CCOc1cc(F)ccc1NC(=O)NC1CCN(Cc2ccccc2)CC1. The van der Waals surface area contributed by atoms with E-state index in [1.807, 2.05) is 13.0 Å². The molecule has 1 fully saturated rings. The lowest BCUT2D eigenvalue weighted by atomic mass is 10.0. The first-order chi connectivity index (χ1) is 13.1. The second-order valence-electron chi connectivity index (χ2n) is 6.71. The Kier molecular flexibility index (Phi) is 6.65. The van der Waals surface area contributed by atoms with Crippen molar-refractivity contribution in [2.45, 2.75) is 32.4 Å². The van der Waals surface area contributed by atoms with E-state index in [0.717, 1.165) is 32.5 Å². The smallest absolute Gasteiger partial charge is 0.319 e. The highest BCUT2D eigenvalue weighted by molar-refractivity contribution is 5.91. The number of carbonyl (C=O) groups excluding carboxylic acids is 1. The minimum Gasteiger partial charge on any atom is -0.492 e. The third-order valence-corrected chi connectivity index (χ3v) is 4.66. The second kappa shape index (κ2) is 9.37. The van der Waals surface area contributed by atoms with Crippen LogP contribution in [0.4, 0.5) is 14.9 Å². The lowest BCUT2D eigenvalue weighted by Crippen LogP contribution is -2.45. The van der Waals surface area contributed by atoms with Gasteiger partial charge in [0.05, 0.1) is 12.3 Å². The van der Waals surface area contributed by atoms with Gasteiger partial charge in [-0.1, -0.05) is 30.3 Å². The predicted octanol–water partition coefficient (Wildman–Crippen LogP) is 4.01. The number of amides is 2. The number of ether oxygens (including phenoxy) is 1. The van der Waals surface area contributed by atoms with Crippen molar-refractivity contribution in [1.82, 2.24) is 10.2 Å². The van der Waals surface area contributed by atoms with Crippen molar-refractivity contribution in [2.24, 2.45) is 0 Å². The van der Waals surface area contributed by atoms with Gasteiger partial charge in [-0.3, -0.25) is 4.90 Å². The van der Waals surface area contributed by atoms with Crippen LogP contribution in [0.25, 0.3) is 0 Å². The third-order valence-electron chi connectivity index (χ3n) is 4.66. The van der Waals surface area contributed by atoms with Crippen LogP contribution in [0.3, 0.4) is 0 Å². The van der Waals surface area contributed by atoms with Crippen LogP contribution in [0.1, 0.15) is 25.3 Å². The average molecular weight is 371 g/mol. The van der Waals surface area contributed by atoms with Crippen LogP contribution in [0, 0.1) is 5.82 Å². The van der Waals surface area contributed by atoms with E-state index in [2.05, 4.69) is 39.8 Å². The molecule has 5 nitrogen and oxygen atoms in total. The average Bonchev–Trinajstić information content (AvgIpc) is 2.67. The van der Waals surface area contributed by atoms with E-state index in [1.165, 1.54) is 23.8 Å². The number of urea groups is 1. The molecule has 0 spiro atoms. The van der Waals surface area contributed by atoms with Gasteiger partial charge >= 0.3 is 6.03 Å². The number of carbonyl (C=O) groups is 1. The molecule has 1 aliphatic heterocycles. The van der Waals surface area contributed by atoms with Gasteiger partial charge in [-0.05, 0) is 37.5 Å². The Balaban J connectivity index is 1.47. The van der Waals surface area contributed by atoms with Gasteiger partial charge < -0.3 is 15.4 Å². The third kappa shape index (κ3) is 5.69. The highest BCUT2D eigenvalue weighted by Gasteiger charge is 2.21. The van der Waals surface area contributed by atoms with Crippen molar-refractivity contribution in [1.29, 1.82) is 0 Å². The fourth-order valence-corrected chi connectivity index (χ4v) is 3.30. The number of likely N-dealkylation sites (tertiary alicyclic amines) is 1. The molecule has 27 heavy (non-hydrogen) atoms. The predicted molar refractivity (Wildman–Crippen MR) is 104 cm³/mol. The van der Waals surface area contributed by atoms with E-state index in [9.17, 15) is 9.18 Å². The van der Waals surface area contributed by atoms with E-state index >= 15 is 0 Å². The van der Waals surface area contributed by atoms with Crippen molar-refractivity contribution < 1.29 is 13.9 Å². The van der Waals surface area contributed by atoms with Gasteiger partial charge in [0.15, 0.2) is 0 Å². The van der Waals surface area contributed by atoms with Crippen molar-refractivity contribution in [2.75, 3.05) is 25.0 Å². The molecule has 2 N–H and O–H groups in total. The van der Waals surface area contributed by atoms with Crippen molar-refractivity contribution >= 4 is 11.7 Å². The van der Waals surface area contributed by atoms with Gasteiger partial charge in [0, 0.05) is 31.7 Å². The number of piperidine rings is 1. The molecule has 2 aromatic rings. The molecular weight excluding hydrogens is 345 g/mol. The van der Waals surface area contributed by atoms with Crippen LogP contribution >= 0.6 is 0 Å². The Labute approximate surface area is 159 Å². The van der Waals surface area contributed by atoms with Crippen molar-refractivity contribution in [3.63, 3.8) is 0 Å². The lowest BCUT2D eigenvalue weighted by molar-refractivity contribution is 0.190. The van der Waals surface area contributed by atoms with Crippen LogP contribution in [-0.2, 0) is 6.54 Å². The van der Waals surface area contributed by atoms with Gasteiger partial charge in [-0.2, -0.15) is 0 Å². The highest BCUT2D eigenvalue weighted by atomic mass is 19.1. The number of benzene rings is 2. The summed E-state index contributed by atoms with van der Waals surface area (Å²) in [6, 6.07) is 14.4. The van der Waals surface area contributed by atoms with E-state index < -0.39 is 5.82 Å². The van der Waals surface area contributed by atoms with Gasteiger partial charge in [0.25, 0.3) is 0 Å². The topological polar surface area (TPSA) is 53.6 Å². The fourth-order valence-electron chi connectivity index (χ4n) is 3.30. The molecule has 3 rings (SSSR count). The number of halogens is 1. The molecule has 0 aromatic heterocycles. The van der Waals surface area contributed by atoms with Crippen LogP contribution in [0.5, 0.6) is 5.75 Å². The summed E-state index contributed by atoms with van der Waals surface area (Å²) < 4.78 is 18.8. The standard InChI is InChI=1S/C21H26FN3O2/c1-2-27-20-14-17(22)8-9-19(20)24-21(26)23-18-10-12-25(13-11-18)15-16-6-4-3-5-7-16/h3-9,14,18H,2,10-13,15H2,1H3,(H2,23,24,26). The zero-order valence-electron chi connectivity index (χ0n) is 15.6. The molecule has 1 heterocycles. The van der Waals surface area contributed by atoms with E-state index in [1.54, 1.807) is 0 Å². The Morgan fingerprint density at radius 3 is 2.63 bits per heavy atom. The summed E-state index contributed by atoms with van der Waals surface area (Å²) in [5, 5.41) is 5.78. The summed E-state index contributed by atoms with van der Waals surface area (Å²) in [5.74, 6) is -0.0551. The summed E-state index contributed by atoms with van der Waals surface area (Å²) in [6.45, 7) is 5.05. The first-order valence-electron chi connectivity index (χ1n) is 9.40. The highest BCUT2D eigenvalue weighted by Crippen LogP contribution is 2.25. The minimum absolute atomic E-state index is 0.132. The maximum absolute atomic E-state index is 13.4. The molecule has 2 amide bonds. The summed E-state index contributed by atoms with van der Waals surface area (Å²) in [5.41, 5.74) is 1.78. The van der Waals surface area contributed by atoms with Gasteiger partial charge in [0.1, 0.15) is 11.6 Å². The maximum Gasteiger partial charge on any atom is 0.319 e. The van der Waals surface area contributed by atoms with Crippen molar-refractivity contribution in [3.8, 4) is 5.75 Å². The van der Waals surface area contributed by atoms with Crippen LogP contribution in [0.15, 0.2) is 48.5 Å². The number of rotatable bonds is 6. The number of hydrogen-bond donors (Lipinski definition) is 2. The van der Waals surface area contributed by atoms with E-state index in [0.29, 0.717) is 18.0 Å². The number of hydrogen-bond acceptors (Lipinski definition) is 3. The number of nitrogens with zero attached hydrogens (tertiary/aromatic N) is 1. The molecule has 144 valence electrons. The maximum atomic E-state index is 13.4. The number of nitrogens with one attached hydrogen (secondary N) is 2. The molecule has 0 saturated carbocycles. The quantitative estimate of drug-likeness (QED) is 0.807. The zero-order chi connectivity index (χ0) is 19.1. The Morgan fingerprint density at radius 1 is 1.19 bits per heavy atom. The largest absolute Gasteiger partial charge is 0.492 e. The molecule has 0 atom stereocenters. The fraction of sp³-hybridized carbons (Fsp3) is 0.381. The summed E-state index contributed by atoms with van der Waals surface area (Å²) >= 11 is 0. The number of anilines is 1. The summed E-state index contributed by atoms with van der Waals surface area (Å²) in [7, 11) is 0. The monoisotopic (exact) mass is 371 g/mol. The minimum atomic E-state index is -0.393. The second-order valence-corrected chi connectivity index (χ2v) is 6.71. The zero-order valence-corrected chi connectivity index (χ0v) is 15.6. The molecule has 2 aromatic carbocycles.